The van der Waals surface area contributed by atoms with E-state index in [-0.39, 0.29) is 28.1 Å². The molecule has 0 radical (unpaired) electrons. The fraction of sp³-hybridized carbons (Fsp3) is 0.500. The summed E-state index contributed by atoms with van der Waals surface area (Å²) >= 11 is 3.94. The first kappa shape index (κ1) is 29.6. The zero-order valence-electron chi connectivity index (χ0n) is 21.8. The van der Waals surface area contributed by atoms with Gasteiger partial charge in [0.1, 0.15) is 36.3 Å². The molecule has 19 nitrogen and oxygen atoms in total. The van der Waals surface area contributed by atoms with Crippen LogP contribution in [0, 0.1) is 0 Å². The Kier molecular flexibility index (Phi) is 7.21. The summed E-state index contributed by atoms with van der Waals surface area (Å²) in [7, 11) is -4.75. The fourth-order valence-corrected chi connectivity index (χ4v) is 7.64. The molecular formula is C20H21F2N10O9PS2. The van der Waals surface area contributed by atoms with Gasteiger partial charge in [-0.25, -0.2) is 42.4 Å². The summed E-state index contributed by atoms with van der Waals surface area (Å²) in [6, 6.07) is 0. The van der Waals surface area contributed by atoms with Crippen LogP contribution in [0.15, 0.2) is 30.1 Å². The van der Waals surface area contributed by atoms with E-state index in [4.69, 9.17) is 28.4 Å². The summed E-state index contributed by atoms with van der Waals surface area (Å²) in [6.07, 6.45) is -9.35. The van der Waals surface area contributed by atoms with E-state index >= 15 is 8.78 Å². The monoisotopic (exact) mass is 678 g/mol. The number of fused-ring (bicyclic) bond motifs is 4. The maximum atomic E-state index is 15.9. The van der Waals surface area contributed by atoms with Crippen LogP contribution in [0.2, 0.25) is 0 Å². The van der Waals surface area contributed by atoms with Gasteiger partial charge < -0.3 is 20.2 Å². The first-order valence-electron chi connectivity index (χ1n) is 12.7. The Morgan fingerprint density at radius 3 is 2.39 bits per heavy atom. The number of imidazole rings is 2. The molecule has 0 aliphatic carbocycles. The Morgan fingerprint density at radius 1 is 0.977 bits per heavy atom. The average Bonchev–Trinajstić information content (AvgIpc) is 3.73. The number of thiol groups is 1. The van der Waals surface area contributed by atoms with Gasteiger partial charge in [-0.05, 0) is 0 Å². The lowest BCUT2D eigenvalue weighted by Crippen LogP contribution is -2.44. The summed E-state index contributed by atoms with van der Waals surface area (Å²) in [5.74, 6) is 0.0143. The van der Waals surface area contributed by atoms with Gasteiger partial charge in [-0.3, -0.25) is 23.0 Å². The summed E-state index contributed by atoms with van der Waals surface area (Å²) < 4.78 is 103. The third-order valence-corrected chi connectivity index (χ3v) is 9.80. The Morgan fingerprint density at radius 2 is 1.64 bits per heavy atom. The van der Waals surface area contributed by atoms with E-state index in [2.05, 4.69) is 46.9 Å². The number of nitrogens with two attached hydrogens (primary N) is 1. The van der Waals surface area contributed by atoms with Gasteiger partial charge in [-0.2, -0.15) is 13.1 Å². The van der Waals surface area contributed by atoms with Crippen LogP contribution < -0.4 is 16.0 Å². The van der Waals surface area contributed by atoms with Crippen molar-refractivity contribution in [2.75, 3.05) is 18.9 Å². The van der Waals surface area contributed by atoms with Gasteiger partial charge in [0, 0.05) is 6.54 Å². The molecule has 9 atom stereocenters. The minimum Gasteiger partial charge on any atom is -0.382 e. The topological polar surface area (TPSA) is 243 Å². The predicted molar refractivity (Wildman–Crippen MR) is 145 cm³/mol. The number of alkyl halides is 2. The summed E-state index contributed by atoms with van der Waals surface area (Å²) in [6.45, 7) is -5.88. The third-order valence-electron chi connectivity index (χ3n) is 7.19. The van der Waals surface area contributed by atoms with Crippen molar-refractivity contribution in [3.05, 3.63) is 35.7 Å². The normalized spacial score (nSPS) is 36.1. The molecule has 44 heavy (non-hydrogen) atoms. The number of H-pyrrole nitrogens is 1. The molecule has 7 rings (SSSR count). The van der Waals surface area contributed by atoms with E-state index in [1.54, 1.807) is 0 Å². The highest BCUT2D eigenvalue weighted by molar-refractivity contribution is 8.44. The van der Waals surface area contributed by atoms with E-state index in [1.165, 1.54) is 6.33 Å². The number of nitrogens with zero attached hydrogens (tertiary/aromatic N) is 7. The lowest BCUT2D eigenvalue weighted by atomic mass is 10.1. The van der Waals surface area contributed by atoms with Crippen molar-refractivity contribution in [1.82, 2.24) is 43.8 Å². The van der Waals surface area contributed by atoms with Crippen LogP contribution in [0.25, 0.3) is 22.3 Å². The molecule has 0 aromatic carbocycles. The highest BCUT2D eigenvalue weighted by atomic mass is 32.7. The van der Waals surface area contributed by atoms with Crippen molar-refractivity contribution in [3.63, 3.8) is 0 Å². The van der Waals surface area contributed by atoms with E-state index < -0.39 is 85.0 Å². The van der Waals surface area contributed by atoms with E-state index in [0.717, 1.165) is 28.1 Å². The molecular weight excluding hydrogens is 657 g/mol. The molecule has 4 aromatic heterocycles. The molecule has 3 aliphatic rings. The van der Waals surface area contributed by atoms with Crippen molar-refractivity contribution in [1.29, 1.82) is 0 Å². The first-order chi connectivity index (χ1) is 20.9. The SMILES string of the molecule is Nc1ncnc2c1ncn2[C@@H]1O[C@@H]2CO[P@](=O)(S)O[C@H]3[C@@H](F)[C@H](n4cnc5c(=O)[nH]cnc54)O[C@@H]3CNS(=O)(=O)O[C@H]2[C@H]1F. The van der Waals surface area contributed by atoms with Crippen LogP contribution >= 0.6 is 19.0 Å². The zero-order valence-corrected chi connectivity index (χ0v) is 24.4. The molecule has 0 unspecified atom stereocenters. The second-order valence-corrected chi connectivity index (χ2v) is 14.1. The number of hydrogen-bond donors (Lipinski definition) is 4. The van der Waals surface area contributed by atoms with Crippen LogP contribution in [-0.2, 0) is 37.6 Å². The van der Waals surface area contributed by atoms with Crippen LogP contribution in [-0.4, -0.2) is 97.4 Å². The Hall–Kier alpha value is -3.15. The number of nitrogen functional groups attached to an aromatic ring is 1. The quantitative estimate of drug-likeness (QED) is 0.157. The minimum atomic E-state index is -4.75. The van der Waals surface area contributed by atoms with Crippen LogP contribution in [0.1, 0.15) is 12.5 Å². The number of aromatic nitrogens is 8. The van der Waals surface area contributed by atoms with Crippen LogP contribution in [0.3, 0.4) is 0 Å². The average molecular weight is 679 g/mol. The number of halogens is 2. The smallest absolute Gasteiger partial charge is 0.382 e. The van der Waals surface area contributed by atoms with Gasteiger partial charge >= 0.3 is 17.1 Å². The van der Waals surface area contributed by atoms with Crippen LogP contribution in [0.4, 0.5) is 14.6 Å². The largest absolute Gasteiger partial charge is 0.386 e. The number of aromatic amines is 1. The lowest BCUT2D eigenvalue weighted by molar-refractivity contribution is -0.0434. The molecule has 0 amide bonds. The molecule has 0 bridgehead atoms. The van der Waals surface area contributed by atoms with Gasteiger partial charge in [-0.1, -0.05) is 12.2 Å². The van der Waals surface area contributed by atoms with Gasteiger partial charge in [0.05, 0.1) is 25.6 Å². The second kappa shape index (κ2) is 10.7. The van der Waals surface area contributed by atoms with Gasteiger partial charge in [0.2, 0.25) is 0 Å². The van der Waals surface area contributed by atoms with Crippen molar-refractivity contribution in [3.8, 4) is 0 Å². The zero-order chi connectivity index (χ0) is 31.0. The van der Waals surface area contributed by atoms with Crippen molar-refractivity contribution in [2.24, 2.45) is 0 Å². The molecule has 7 heterocycles. The van der Waals surface area contributed by atoms with Crippen LogP contribution in [0.5, 0.6) is 0 Å². The summed E-state index contributed by atoms with van der Waals surface area (Å²) in [5.41, 5.74) is 5.29. The number of nitrogens with one attached hydrogen (secondary N) is 2. The van der Waals surface area contributed by atoms with Crippen molar-refractivity contribution < 1.29 is 44.5 Å². The van der Waals surface area contributed by atoms with E-state index in [0.29, 0.717) is 0 Å². The summed E-state index contributed by atoms with van der Waals surface area (Å²) in [4.78, 5) is 34.2. The van der Waals surface area contributed by atoms with Crippen molar-refractivity contribution >= 4 is 57.5 Å². The molecule has 4 aromatic rings. The Labute approximate surface area is 249 Å². The fourth-order valence-electron chi connectivity index (χ4n) is 5.20. The molecule has 0 saturated carbocycles. The number of ether oxygens (including phenoxy) is 2. The Bertz CT molecular complexity index is 1960. The highest BCUT2D eigenvalue weighted by Crippen LogP contribution is 2.57. The van der Waals surface area contributed by atoms with Gasteiger partial charge in [0.15, 0.2) is 47.4 Å². The highest BCUT2D eigenvalue weighted by Gasteiger charge is 2.53. The number of hydrogen-bond acceptors (Lipinski definition) is 15. The number of anilines is 1. The van der Waals surface area contributed by atoms with Gasteiger partial charge in [0.25, 0.3) is 5.56 Å². The molecule has 3 saturated heterocycles. The maximum Gasteiger partial charge on any atom is 0.386 e. The maximum absolute atomic E-state index is 15.9. The molecule has 0 spiro atoms. The lowest BCUT2D eigenvalue weighted by Gasteiger charge is -2.26. The molecule has 236 valence electrons. The molecule has 24 heteroatoms. The molecule has 3 aliphatic heterocycles. The number of rotatable bonds is 2. The molecule has 4 N–H and O–H groups in total. The minimum absolute atomic E-state index is 0.0143. The standard InChI is InChI=1S/C20H21F2N10O9PS2/c21-9-13-7(38-19(9)32-6-29-12-17(32)26-4-27-18(12)33)1-30-44(35,36)41-14-8(2-37-42(34,43)40-13)39-20(10(14)22)31-5-28-11-15(23)24-3-25-16(11)31/h3-10,13-14,19-20,30H,1-2H2,(H,34,43)(H2,23,24,25)(H,26,27,33)/t7-,8-,9-,10-,13-,14-,19-,20-,42+/m1/s1. The van der Waals surface area contributed by atoms with Gasteiger partial charge in [-0.15, -0.1) is 0 Å². The summed E-state index contributed by atoms with van der Waals surface area (Å²) in [5, 5.41) is 0. The molecule has 3 fully saturated rings. The predicted octanol–water partition coefficient (Wildman–Crippen LogP) is -0.314. The van der Waals surface area contributed by atoms with E-state index in [9.17, 15) is 17.8 Å². The third kappa shape index (κ3) is 5.06. The van der Waals surface area contributed by atoms with E-state index in [1.807, 2.05) is 0 Å². The first-order valence-corrected chi connectivity index (χ1v) is 16.8. The second-order valence-electron chi connectivity index (χ2n) is 9.86. The van der Waals surface area contributed by atoms with Crippen molar-refractivity contribution in [2.45, 2.75) is 49.2 Å². The Balaban J connectivity index is 1.17.